The fraction of sp³-hybridized carbons (Fsp3) is 1.00. The van der Waals surface area contributed by atoms with Gasteiger partial charge in [-0.1, -0.05) is 6.92 Å². The van der Waals surface area contributed by atoms with Crippen molar-refractivity contribution in [1.82, 2.24) is 10.2 Å². The third-order valence-electron chi connectivity index (χ3n) is 4.30. The van der Waals surface area contributed by atoms with Gasteiger partial charge in [0.15, 0.2) is 0 Å². The van der Waals surface area contributed by atoms with E-state index >= 15 is 0 Å². The molecule has 0 aromatic rings. The van der Waals surface area contributed by atoms with Crippen molar-refractivity contribution in [2.24, 2.45) is 0 Å². The molecule has 0 saturated carbocycles. The summed E-state index contributed by atoms with van der Waals surface area (Å²) < 4.78 is 5.21. The van der Waals surface area contributed by atoms with Crippen LogP contribution in [0.25, 0.3) is 0 Å². The molecule has 1 N–H and O–H groups in total. The smallest absolute Gasteiger partial charge is 0.0477 e. The average Bonchev–Trinajstić information content (AvgIpc) is 2.29. The second-order valence-electron chi connectivity index (χ2n) is 6.34. The van der Waals surface area contributed by atoms with Gasteiger partial charge in [0, 0.05) is 43.9 Å². The maximum atomic E-state index is 5.21. The molecule has 0 aromatic heterocycles. The lowest BCUT2D eigenvalue weighted by molar-refractivity contribution is -0.00716. The largest absolute Gasteiger partial charge is 0.385 e. The third-order valence-corrected chi connectivity index (χ3v) is 4.30. The Labute approximate surface area is 107 Å². The predicted molar refractivity (Wildman–Crippen MR) is 73.4 cm³/mol. The first-order chi connectivity index (χ1) is 7.84. The van der Waals surface area contributed by atoms with Gasteiger partial charge in [-0.25, -0.2) is 0 Å². The molecule has 0 amide bonds. The van der Waals surface area contributed by atoms with Crippen molar-refractivity contribution in [3.8, 4) is 0 Å². The van der Waals surface area contributed by atoms with Crippen LogP contribution in [-0.2, 0) is 4.74 Å². The molecule has 0 radical (unpaired) electrons. The molecule has 102 valence electrons. The number of ether oxygens (including phenoxy) is 1. The minimum atomic E-state index is 0.238. The number of methoxy groups -OCH3 is 1. The second-order valence-corrected chi connectivity index (χ2v) is 6.34. The molecule has 17 heavy (non-hydrogen) atoms. The van der Waals surface area contributed by atoms with Crippen LogP contribution < -0.4 is 5.32 Å². The van der Waals surface area contributed by atoms with Crippen LogP contribution in [0.1, 0.15) is 47.5 Å². The van der Waals surface area contributed by atoms with E-state index in [2.05, 4.69) is 44.8 Å². The van der Waals surface area contributed by atoms with Crippen LogP contribution in [0, 0.1) is 0 Å². The molecule has 3 heteroatoms. The highest BCUT2D eigenvalue weighted by molar-refractivity contribution is 5.00. The Hall–Kier alpha value is -0.120. The fourth-order valence-corrected chi connectivity index (χ4v) is 2.61. The van der Waals surface area contributed by atoms with E-state index in [-0.39, 0.29) is 11.1 Å². The highest BCUT2D eigenvalue weighted by Gasteiger charge is 2.40. The van der Waals surface area contributed by atoms with E-state index in [4.69, 9.17) is 4.74 Å². The molecular formula is C14H30N2O. The summed E-state index contributed by atoms with van der Waals surface area (Å²) >= 11 is 0. The molecule has 3 nitrogen and oxygen atoms in total. The van der Waals surface area contributed by atoms with Gasteiger partial charge >= 0.3 is 0 Å². The Bertz CT molecular complexity index is 242. The van der Waals surface area contributed by atoms with E-state index in [1.165, 1.54) is 6.42 Å². The first-order valence-corrected chi connectivity index (χ1v) is 6.85. The first kappa shape index (κ1) is 14.9. The van der Waals surface area contributed by atoms with E-state index in [0.717, 1.165) is 26.1 Å². The van der Waals surface area contributed by atoms with E-state index < -0.39 is 0 Å². The highest BCUT2D eigenvalue weighted by Crippen LogP contribution is 2.28. The van der Waals surface area contributed by atoms with Crippen LogP contribution in [0.2, 0.25) is 0 Å². The number of rotatable bonds is 5. The Morgan fingerprint density at radius 2 is 2.00 bits per heavy atom. The minimum absolute atomic E-state index is 0.238. The number of nitrogens with zero attached hydrogens (tertiary/aromatic N) is 1. The number of piperazine rings is 1. The minimum Gasteiger partial charge on any atom is -0.385 e. The fourth-order valence-electron chi connectivity index (χ4n) is 2.61. The second kappa shape index (κ2) is 5.68. The quantitative estimate of drug-likeness (QED) is 0.800. The lowest BCUT2D eigenvalue weighted by Crippen LogP contribution is -2.68. The molecule has 1 heterocycles. The van der Waals surface area contributed by atoms with Gasteiger partial charge in [-0.05, 0) is 40.5 Å². The van der Waals surface area contributed by atoms with Gasteiger partial charge in [0.25, 0.3) is 0 Å². The van der Waals surface area contributed by atoms with Crippen molar-refractivity contribution >= 4 is 0 Å². The molecule has 2 atom stereocenters. The maximum Gasteiger partial charge on any atom is 0.0477 e. The molecule has 1 aliphatic heterocycles. The average molecular weight is 242 g/mol. The summed E-state index contributed by atoms with van der Waals surface area (Å²) in [5.74, 6) is 0. The predicted octanol–water partition coefficient (Wildman–Crippen LogP) is 2.26. The molecule has 0 spiro atoms. The Morgan fingerprint density at radius 3 is 2.53 bits per heavy atom. The zero-order valence-corrected chi connectivity index (χ0v) is 12.5. The molecule has 1 fully saturated rings. The van der Waals surface area contributed by atoms with Crippen LogP contribution in [-0.4, -0.2) is 48.8 Å². The lowest BCUT2D eigenvalue weighted by atomic mass is 9.87. The Morgan fingerprint density at radius 1 is 1.35 bits per heavy atom. The SMILES string of the molecule is CCC1(C)CN(C(C)CCOC)C(C)(C)CN1. The molecule has 1 aliphatic rings. The maximum absolute atomic E-state index is 5.21. The van der Waals surface area contributed by atoms with E-state index in [9.17, 15) is 0 Å². The Balaban J connectivity index is 2.70. The van der Waals surface area contributed by atoms with Gasteiger partial charge < -0.3 is 10.1 Å². The summed E-state index contributed by atoms with van der Waals surface area (Å²) in [5, 5.41) is 3.70. The molecule has 0 aliphatic carbocycles. The van der Waals surface area contributed by atoms with Gasteiger partial charge in [-0.15, -0.1) is 0 Å². The zero-order chi connectivity index (χ0) is 13.1. The standard InChI is InChI=1S/C14H30N2O/c1-7-14(5)11-16(12(2)8-9-17-6)13(3,4)10-15-14/h12,15H,7-11H2,1-6H3. The monoisotopic (exact) mass is 242 g/mol. The van der Waals surface area contributed by atoms with Gasteiger partial charge in [0.05, 0.1) is 0 Å². The van der Waals surface area contributed by atoms with Crippen molar-refractivity contribution < 1.29 is 4.74 Å². The van der Waals surface area contributed by atoms with Crippen molar-refractivity contribution in [3.63, 3.8) is 0 Å². The number of hydrogen-bond acceptors (Lipinski definition) is 3. The van der Waals surface area contributed by atoms with Crippen molar-refractivity contribution in [1.29, 1.82) is 0 Å². The summed E-state index contributed by atoms with van der Waals surface area (Å²) in [6.07, 6.45) is 2.29. The van der Waals surface area contributed by atoms with E-state index in [1.807, 2.05) is 0 Å². The molecular weight excluding hydrogens is 212 g/mol. The number of hydrogen-bond donors (Lipinski definition) is 1. The molecule has 2 unspecified atom stereocenters. The molecule has 1 rings (SSSR count). The van der Waals surface area contributed by atoms with Gasteiger partial charge in [0.2, 0.25) is 0 Å². The van der Waals surface area contributed by atoms with Crippen molar-refractivity contribution in [3.05, 3.63) is 0 Å². The van der Waals surface area contributed by atoms with Crippen LogP contribution in [0.3, 0.4) is 0 Å². The van der Waals surface area contributed by atoms with Gasteiger partial charge in [0.1, 0.15) is 0 Å². The van der Waals surface area contributed by atoms with Crippen molar-refractivity contribution in [2.75, 3.05) is 26.8 Å². The molecule has 1 saturated heterocycles. The number of nitrogens with one attached hydrogen (secondary N) is 1. The van der Waals surface area contributed by atoms with Crippen molar-refractivity contribution in [2.45, 2.75) is 64.6 Å². The molecule has 0 aromatic carbocycles. The lowest BCUT2D eigenvalue weighted by Gasteiger charge is -2.53. The highest BCUT2D eigenvalue weighted by atomic mass is 16.5. The Kier molecular flexibility index (Phi) is 4.99. The summed E-state index contributed by atoms with van der Waals surface area (Å²) in [6.45, 7) is 14.6. The topological polar surface area (TPSA) is 24.5 Å². The van der Waals surface area contributed by atoms with Gasteiger partial charge in [-0.2, -0.15) is 0 Å². The summed E-state index contributed by atoms with van der Waals surface area (Å²) in [5.41, 5.74) is 0.499. The zero-order valence-electron chi connectivity index (χ0n) is 12.5. The van der Waals surface area contributed by atoms with Gasteiger partial charge in [-0.3, -0.25) is 4.90 Å². The molecule has 0 bridgehead atoms. The van der Waals surface area contributed by atoms with Crippen LogP contribution in [0.5, 0.6) is 0 Å². The summed E-state index contributed by atoms with van der Waals surface area (Å²) in [7, 11) is 1.78. The van der Waals surface area contributed by atoms with Crippen LogP contribution in [0.4, 0.5) is 0 Å². The first-order valence-electron chi connectivity index (χ1n) is 6.85. The normalized spacial score (nSPS) is 31.4. The summed E-state index contributed by atoms with van der Waals surface area (Å²) in [4.78, 5) is 2.64. The van der Waals surface area contributed by atoms with E-state index in [0.29, 0.717) is 6.04 Å². The summed E-state index contributed by atoms with van der Waals surface area (Å²) in [6, 6.07) is 0.581. The van der Waals surface area contributed by atoms with E-state index in [1.54, 1.807) is 7.11 Å². The van der Waals surface area contributed by atoms with Crippen LogP contribution >= 0.6 is 0 Å². The third kappa shape index (κ3) is 3.67. The van der Waals surface area contributed by atoms with Crippen LogP contribution in [0.15, 0.2) is 0 Å².